The summed E-state index contributed by atoms with van der Waals surface area (Å²) >= 11 is 0. The minimum Gasteiger partial charge on any atom is -0.455 e. The zero-order valence-corrected chi connectivity index (χ0v) is 10.8. The third-order valence-corrected chi connectivity index (χ3v) is 2.56. The normalized spacial score (nSPS) is 10.4. The molecule has 0 fully saturated rings. The molecule has 1 amide bonds. The smallest absolute Gasteiger partial charge is 0.315 e. The van der Waals surface area contributed by atoms with Gasteiger partial charge in [0.15, 0.2) is 5.75 Å². The largest absolute Gasteiger partial charge is 0.455 e. The zero-order chi connectivity index (χ0) is 14.5. The van der Waals surface area contributed by atoms with Crippen LogP contribution in [0.25, 0.3) is 0 Å². The van der Waals surface area contributed by atoms with Gasteiger partial charge in [-0.2, -0.15) is 8.78 Å². The van der Waals surface area contributed by atoms with Crippen LogP contribution in [0.5, 0.6) is 11.5 Å². The van der Waals surface area contributed by atoms with Crippen LogP contribution >= 0.6 is 0 Å². The van der Waals surface area contributed by atoms with E-state index in [0.717, 1.165) is 5.56 Å². The fourth-order valence-corrected chi connectivity index (χ4v) is 1.65. The first-order chi connectivity index (χ1) is 9.56. The molecule has 0 saturated carbocycles. The van der Waals surface area contributed by atoms with Crippen molar-refractivity contribution in [2.45, 2.75) is 13.3 Å². The predicted octanol–water partition coefficient (Wildman–Crippen LogP) is 3.99. The Kier molecular flexibility index (Phi) is 4.30. The monoisotopic (exact) mass is 277 g/mol. The van der Waals surface area contributed by atoms with Gasteiger partial charge in [-0.3, -0.25) is 4.79 Å². The average molecular weight is 277 g/mol. The number of halogens is 2. The molecule has 0 bridgehead atoms. The van der Waals surface area contributed by atoms with Gasteiger partial charge in [0, 0.05) is 0 Å². The van der Waals surface area contributed by atoms with E-state index in [1.54, 1.807) is 24.3 Å². The number of nitrogens with one attached hydrogen (secondary N) is 1. The summed E-state index contributed by atoms with van der Waals surface area (Å²) in [5, 5.41) is 2.13. The van der Waals surface area contributed by atoms with Crippen LogP contribution in [0, 0.1) is 6.92 Å². The first-order valence-electron chi connectivity index (χ1n) is 5.99. The number of aryl methyl sites for hydroxylation is 1. The highest BCUT2D eigenvalue weighted by atomic mass is 19.3. The second-order valence-electron chi connectivity index (χ2n) is 4.20. The maximum atomic E-state index is 12.3. The summed E-state index contributed by atoms with van der Waals surface area (Å²) in [6.45, 7) is 1.91. The van der Waals surface area contributed by atoms with Gasteiger partial charge in [-0.25, -0.2) is 0 Å². The Hall–Kier alpha value is -2.43. The van der Waals surface area contributed by atoms with Crippen LogP contribution in [0.2, 0.25) is 0 Å². The van der Waals surface area contributed by atoms with Gasteiger partial charge in [-0.15, -0.1) is 0 Å². The van der Waals surface area contributed by atoms with Crippen molar-refractivity contribution in [3.05, 3.63) is 54.1 Å². The molecule has 0 aromatic heterocycles. The molecule has 0 atom stereocenters. The van der Waals surface area contributed by atoms with Gasteiger partial charge in [-0.1, -0.05) is 24.3 Å². The van der Waals surface area contributed by atoms with Crippen LogP contribution in [-0.2, 0) is 4.79 Å². The van der Waals surface area contributed by atoms with Crippen LogP contribution in [0.3, 0.4) is 0 Å². The van der Waals surface area contributed by atoms with Crippen molar-refractivity contribution < 1.29 is 18.3 Å². The standard InChI is InChI=1S/C15H13F2NO2/c1-10-5-4-6-11(9-10)20-13-8-3-2-7-12(13)18-15(19)14(16)17/h2-9,14H,1H3,(H,18,19). The van der Waals surface area contributed by atoms with E-state index < -0.39 is 12.3 Å². The van der Waals surface area contributed by atoms with Crippen molar-refractivity contribution in [1.29, 1.82) is 0 Å². The molecule has 104 valence electrons. The predicted molar refractivity (Wildman–Crippen MR) is 72.3 cm³/mol. The Morgan fingerprint density at radius 1 is 1.15 bits per heavy atom. The third-order valence-electron chi connectivity index (χ3n) is 2.56. The molecule has 2 rings (SSSR count). The molecule has 0 heterocycles. The highest BCUT2D eigenvalue weighted by Crippen LogP contribution is 2.29. The summed E-state index contributed by atoms with van der Waals surface area (Å²) in [7, 11) is 0. The summed E-state index contributed by atoms with van der Waals surface area (Å²) in [4.78, 5) is 11.1. The number of ether oxygens (including phenoxy) is 1. The van der Waals surface area contributed by atoms with E-state index in [0.29, 0.717) is 11.5 Å². The first-order valence-corrected chi connectivity index (χ1v) is 5.99. The van der Waals surface area contributed by atoms with Gasteiger partial charge >= 0.3 is 6.43 Å². The van der Waals surface area contributed by atoms with Crippen LogP contribution in [0.15, 0.2) is 48.5 Å². The molecule has 1 N–H and O–H groups in total. The molecule has 3 nitrogen and oxygen atoms in total. The molecule has 0 unspecified atom stereocenters. The fraction of sp³-hybridized carbons (Fsp3) is 0.133. The number of anilines is 1. The molecule has 0 aliphatic rings. The lowest BCUT2D eigenvalue weighted by Crippen LogP contribution is -2.20. The van der Waals surface area contributed by atoms with Crippen molar-refractivity contribution >= 4 is 11.6 Å². The molecule has 0 aliphatic heterocycles. The van der Waals surface area contributed by atoms with Gasteiger partial charge in [0.2, 0.25) is 0 Å². The SMILES string of the molecule is Cc1cccc(Oc2ccccc2NC(=O)C(F)F)c1. The Bertz CT molecular complexity index is 614. The minimum absolute atomic E-state index is 0.208. The lowest BCUT2D eigenvalue weighted by Gasteiger charge is -2.12. The van der Waals surface area contributed by atoms with Crippen molar-refractivity contribution in [2.75, 3.05) is 5.32 Å². The number of hydrogen-bond donors (Lipinski definition) is 1. The van der Waals surface area contributed by atoms with E-state index in [2.05, 4.69) is 5.32 Å². The lowest BCUT2D eigenvalue weighted by molar-refractivity contribution is -0.126. The van der Waals surface area contributed by atoms with Gasteiger partial charge < -0.3 is 10.1 Å². The number of carbonyl (C=O) groups is 1. The maximum absolute atomic E-state index is 12.3. The number of carbonyl (C=O) groups excluding carboxylic acids is 1. The summed E-state index contributed by atoms with van der Waals surface area (Å²) in [5.74, 6) is -0.471. The second-order valence-corrected chi connectivity index (χ2v) is 4.20. The highest BCUT2D eigenvalue weighted by Gasteiger charge is 2.17. The van der Waals surface area contributed by atoms with E-state index in [1.165, 1.54) is 6.07 Å². The summed E-state index contributed by atoms with van der Waals surface area (Å²) in [5.41, 5.74) is 1.22. The first kappa shape index (κ1) is 14.0. The van der Waals surface area contributed by atoms with Gasteiger partial charge in [-0.05, 0) is 36.8 Å². The number of benzene rings is 2. The Labute approximate surface area is 115 Å². The minimum atomic E-state index is -3.07. The Morgan fingerprint density at radius 2 is 1.90 bits per heavy atom. The average Bonchev–Trinajstić information content (AvgIpc) is 2.41. The Morgan fingerprint density at radius 3 is 2.60 bits per heavy atom. The molecule has 0 aliphatic carbocycles. The topological polar surface area (TPSA) is 38.3 Å². The number of hydrogen-bond acceptors (Lipinski definition) is 2. The Balaban J connectivity index is 2.22. The third kappa shape index (κ3) is 3.54. The van der Waals surface area contributed by atoms with Crippen molar-refractivity contribution in [1.82, 2.24) is 0 Å². The molecule has 0 radical (unpaired) electrons. The van der Waals surface area contributed by atoms with Crippen molar-refractivity contribution in [3.8, 4) is 11.5 Å². The molecule has 5 heteroatoms. The van der Waals surface area contributed by atoms with Crippen LogP contribution in [0.1, 0.15) is 5.56 Å². The molecule has 2 aromatic carbocycles. The van der Waals surface area contributed by atoms with Crippen LogP contribution in [-0.4, -0.2) is 12.3 Å². The van der Waals surface area contributed by atoms with Gasteiger partial charge in [0.05, 0.1) is 5.69 Å². The molecular formula is C15H13F2NO2. The van der Waals surface area contributed by atoms with Gasteiger partial charge in [0.25, 0.3) is 5.91 Å². The molecular weight excluding hydrogens is 264 g/mol. The van der Waals surface area contributed by atoms with Gasteiger partial charge in [0.1, 0.15) is 5.75 Å². The summed E-state index contributed by atoms with van der Waals surface area (Å²) < 4.78 is 30.2. The summed E-state index contributed by atoms with van der Waals surface area (Å²) in [6.07, 6.45) is -3.07. The number of rotatable bonds is 4. The molecule has 2 aromatic rings. The van der Waals surface area contributed by atoms with Crippen molar-refractivity contribution in [3.63, 3.8) is 0 Å². The number of amides is 1. The zero-order valence-electron chi connectivity index (χ0n) is 10.8. The van der Waals surface area contributed by atoms with E-state index in [9.17, 15) is 13.6 Å². The second kappa shape index (κ2) is 6.14. The fourth-order valence-electron chi connectivity index (χ4n) is 1.65. The molecule has 0 spiro atoms. The number of alkyl halides is 2. The lowest BCUT2D eigenvalue weighted by atomic mass is 10.2. The molecule has 20 heavy (non-hydrogen) atoms. The highest BCUT2D eigenvalue weighted by molar-refractivity contribution is 5.94. The number of para-hydroxylation sites is 2. The quantitative estimate of drug-likeness (QED) is 0.917. The van der Waals surface area contributed by atoms with Crippen LogP contribution < -0.4 is 10.1 Å². The van der Waals surface area contributed by atoms with Crippen LogP contribution in [0.4, 0.5) is 14.5 Å². The maximum Gasteiger partial charge on any atom is 0.315 e. The summed E-state index contributed by atoms with van der Waals surface area (Å²) in [6, 6.07) is 13.7. The van der Waals surface area contributed by atoms with Crippen molar-refractivity contribution in [2.24, 2.45) is 0 Å². The van der Waals surface area contributed by atoms with E-state index in [1.807, 2.05) is 25.1 Å². The van der Waals surface area contributed by atoms with E-state index in [-0.39, 0.29) is 5.69 Å². The van der Waals surface area contributed by atoms with E-state index in [4.69, 9.17) is 4.74 Å². The van der Waals surface area contributed by atoms with E-state index >= 15 is 0 Å². The molecule has 0 saturated heterocycles.